The standard InChI is InChI=1S/C35H38ClN3O4/c1-21(2)18-31-33(41)38-30-20-27(36)16-17-29(30)35(43)39(31)32(34(42)37-28-10-5-4-6-11-28)24-14-12-23(13-15-24)26-9-7-8-25(19-26)22(3)40/h7-9,12-17,19-21,28,31-32H,4-6,10-11,18H2,1-3H3,(H,37,42)(H,38,41). The number of rotatable bonds is 8. The van der Waals surface area contributed by atoms with Gasteiger partial charge in [-0.05, 0) is 73.1 Å². The highest BCUT2D eigenvalue weighted by molar-refractivity contribution is 6.31. The molecule has 8 heteroatoms. The van der Waals surface area contributed by atoms with E-state index in [1.54, 1.807) is 24.3 Å². The van der Waals surface area contributed by atoms with E-state index in [1.165, 1.54) is 11.8 Å². The van der Waals surface area contributed by atoms with Gasteiger partial charge in [-0.25, -0.2) is 0 Å². The fraction of sp³-hybridized carbons (Fsp3) is 0.371. The zero-order valence-corrected chi connectivity index (χ0v) is 25.6. The van der Waals surface area contributed by atoms with Gasteiger partial charge in [0.15, 0.2) is 5.78 Å². The second-order valence-electron chi connectivity index (χ2n) is 12.0. The van der Waals surface area contributed by atoms with Crippen LogP contribution >= 0.6 is 11.6 Å². The molecule has 2 N–H and O–H groups in total. The molecule has 5 rings (SSSR count). The largest absolute Gasteiger partial charge is 0.351 e. The van der Waals surface area contributed by atoms with Crippen LogP contribution in [0.15, 0.2) is 66.7 Å². The zero-order chi connectivity index (χ0) is 30.7. The maximum absolute atomic E-state index is 14.4. The summed E-state index contributed by atoms with van der Waals surface area (Å²) in [6, 6.07) is 17.7. The number of Topliss-reactive ketones (excluding diaryl/α,β-unsaturated/α-hetero) is 1. The smallest absolute Gasteiger partial charge is 0.257 e. The first kappa shape index (κ1) is 30.5. The second kappa shape index (κ2) is 13.1. The van der Waals surface area contributed by atoms with E-state index in [2.05, 4.69) is 10.6 Å². The molecule has 2 aliphatic rings. The fourth-order valence-corrected chi connectivity index (χ4v) is 6.31. The average molecular weight is 600 g/mol. The number of amides is 3. The molecule has 43 heavy (non-hydrogen) atoms. The van der Waals surface area contributed by atoms with Gasteiger partial charge in [0, 0.05) is 16.6 Å². The summed E-state index contributed by atoms with van der Waals surface area (Å²) in [6.07, 6.45) is 5.37. The quantitative estimate of drug-likeness (QED) is 0.267. The van der Waals surface area contributed by atoms with Crippen molar-refractivity contribution in [3.63, 3.8) is 0 Å². The monoisotopic (exact) mass is 599 g/mol. The molecule has 1 aliphatic heterocycles. The summed E-state index contributed by atoms with van der Waals surface area (Å²) in [5.74, 6) is -0.998. The lowest BCUT2D eigenvalue weighted by atomic mass is 9.92. The minimum Gasteiger partial charge on any atom is -0.351 e. The summed E-state index contributed by atoms with van der Waals surface area (Å²) in [5.41, 5.74) is 3.59. The maximum atomic E-state index is 14.4. The Balaban J connectivity index is 1.60. The molecule has 0 radical (unpaired) electrons. The van der Waals surface area contributed by atoms with Crippen molar-refractivity contribution in [1.29, 1.82) is 0 Å². The highest BCUT2D eigenvalue weighted by Gasteiger charge is 2.43. The molecule has 3 aromatic carbocycles. The van der Waals surface area contributed by atoms with Crippen molar-refractivity contribution >= 4 is 40.8 Å². The fourth-order valence-electron chi connectivity index (χ4n) is 6.13. The van der Waals surface area contributed by atoms with Crippen LogP contribution < -0.4 is 10.6 Å². The normalized spacial score (nSPS) is 18.1. The van der Waals surface area contributed by atoms with Crippen molar-refractivity contribution in [2.45, 2.75) is 77.4 Å². The van der Waals surface area contributed by atoms with E-state index >= 15 is 0 Å². The van der Waals surface area contributed by atoms with Crippen LogP contribution in [0.5, 0.6) is 0 Å². The van der Waals surface area contributed by atoms with Gasteiger partial charge in [0.2, 0.25) is 11.8 Å². The van der Waals surface area contributed by atoms with Crippen LogP contribution in [-0.4, -0.2) is 40.5 Å². The molecular weight excluding hydrogens is 562 g/mol. The predicted octanol–water partition coefficient (Wildman–Crippen LogP) is 7.21. The van der Waals surface area contributed by atoms with E-state index < -0.39 is 18.0 Å². The Kier molecular flexibility index (Phi) is 9.31. The summed E-state index contributed by atoms with van der Waals surface area (Å²) < 4.78 is 0. The number of hydrogen-bond acceptors (Lipinski definition) is 4. The summed E-state index contributed by atoms with van der Waals surface area (Å²) in [5, 5.41) is 6.53. The first-order valence-electron chi connectivity index (χ1n) is 15.1. The van der Waals surface area contributed by atoms with Crippen molar-refractivity contribution < 1.29 is 19.2 Å². The van der Waals surface area contributed by atoms with Crippen LogP contribution in [0.1, 0.15) is 91.6 Å². The lowest BCUT2D eigenvalue weighted by Gasteiger charge is -2.37. The Morgan fingerprint density at radius 3 is 2.35 bits per heavy atom. The van der Waals surface area contributed by atoms with Crippen LogP contribution in [-0.2, 0) is 9.59 Å². The summed E-state index contributed by atoms with van der Waals surface area (Å²) in [4.78, 5) is 55.8. The molecule has 2 unspecified atom stereocenters. The molecule has 1 saturated carbocycles. The van der Waals surface area contributed by atoms with Gasteiger partial charge >= 0.3 is 0 Å². The SMILES string of the molecule is CC(=O)c1cccc(-c2ccc(C(C(=O)NC3CCCCC3)N3C(=O)c4ccc(Cl)cc4NC(=O)C3CC(C)C)cc2)c1. The van der Waals surface area contributed by atoms with Crippen LogP contribution in [0.25, 0.3) is 11.1 Å². The maximum Gasteiger partial charge on any atom is 0.257 e. The van der Waals surface area contributed by atoms with Gasteiger partial charge in [-0.2, -0.15) is 0 Å². The van der Waals surface area contributed by atoms with Gasteiger partial charge in [-0.1, -0.05) is 87.2 Å². The highest BCUT2D eigenvalue weighted by Crippen LogP contribution is 2.35. The number of ketones is 1. The van der Waals surface area contributed by atoms with Gasteiger partial charge in [0.05, 0.1) is 11.3 Å². The van der Waals surface area contributed by atoms with Crippen LogP contribution in [0, 0.1) is 5.92 Å². The molecule has 3 amide bonds. The molecule has 1 heterocycles. The Morgan fingerprint density at radius 1 is 0.953 bits per heavy atom. The first-order chi connectivity index (χ1) is 20.6. The van der Waals surface area contributed by atoms with Crippen molar-refractivity contribution in [2.24, 2.45) is 5.92 Å². The molecular formula is C35H38ClN3O4. The number of carbonyl (C=O) groups excluding carboxylic acids is 4. The lowest BCUT2D eigenvalue weighted by Crippen LogP contribution is -2.53. The molecule has 0 saturated heterocycles. The number of hydrogen-bond donors (Lipinski definition) is 2. The van der Waals surface area contributed by atoms with Crippen molar-refractivity contribution in [2.75, 3.05) is 5.32 Å². The highest BCUT2D eigenvalue weighted by atomic mass is 35.5. The summed E-state index contributed by atoms with van der Waals surface area (Å²) in [6.45, 7) is 5.52. The molecule has 0 bridgehead atoms. The number of fused-ring (bicyclic) bond motifs is 1. The number of nitrogens with one attached hydrogen (secondary N) is 2. The van der Waals surface area contributed by atoms with E-state index in [0.717, 1.165) is 43.2 Å². The molecule has 1 fully saturated rings. The van der Waals surface area contributed by atoms with E-state index in [1.807, 2.05) is 56.3 Å². The van der Waals surface area contributed by atoms with Gasteiger partial charge in [0.1, 0.15) is 12.1 Å². The predicted molar refractivity (Wildman–Crippen MR) is 169 cm³/mol. The van der Waals surface area contributed by atoms with Gasteiger partial charge in [0.25, 0.3) is 5.91 Å². The van der Waals surface area contributed by atoms with Gasteiger partial charge < -0.3 is 15.5 Å². The third-order valence-corrected chi connectivity index (χ3v) is 8.58. The van der Waals surface area contributed by atoms with Crippen molar-refractivity contribution in [1.82, 2.24) is 10.2 Å². The van der Waals surface area contributed by atoms with E-state index in [-0.39, 0.29) is 35.1 Å². The summed E-state index contributed by atoms with van der Waals surface area (Å²) >= 11 is 6.23. The number of nitrogens with zero attached hydrogens (tertiary/aromatic N) is 1. The molecule has 3 aromatic rings. The topological polar surface area (TPSA) is 95.6 Å². The molecule has 0 aromatic heterocycles. The molecule has 0 spiro atoms. The number of benzene rings is 3. The number of anilines is 1. The Bertz CT molecular complexity index is 1530. The summed E-state index contributed by atoms with van der Waals surface area (Å²) in [7, 11) is 0. The Hall–Kier alpha value is -3.97. The second-order valence-corrected chi connectivity index (χ2v) is 12.5. The third kappa shape index (κ3) is 6.83. The van der Waals surface area contributed by atoms with Crippen LogP contribution in [0.2, 0.25) is 5.02 Å². The van der Waals surface area contributed by atoms with Crippen LogP contribution in [0.4, 0.5) is 5.69 Å². The van der Waals surface area contributed by atoms with E-state index in [4.69, 9.17) is 11.6 Å². The number of halogens is 1. The van der Waals surface area contributed by atoms with Gasteiger partial charge in [-0.15, -0.1) is 0 Å². The molecule has 7 nitrogen and oxygen atoms in total. The van der Waals surface area contributed by atoms with Crippen LogP contribution in [0.3, 0.4) is 0 Å². The minimum absolute atomic E-state index is 0.0166. The first-order valence-corrected chi connectivity index (χ1v) is 15.4. The zero-order valence-electron chi connectivity index (χ0n) is 24.9. The Labute approximate surface area is 258 Å². The van der Waals surface area contributed by atoms with E-state index in [0.29, 0.717) is 28.3 Å². The van der Waals surface area contributed by atoms with E-state index in [9.17, 15) is 19.2 Å². The third-order valence-electron chi connectivity index (χ3n) is 8.34. The minimum atomic E-state index is -1.04. The molecule has 2 atom stereocenters. The average Bonchev–Trinajstić information content (AvgIpc) is 3.07. The molecule has 224 valence electrons. The van der Waals surface area contributed by atoms with Crippen molar-refractivity contribution in [3.05, 3.63) is 88.4 Å². The van der Waals surface area contributed by atoms with Gasteiger partial charge in [-0.3, -0.25) is 19.2 Å². The number of carbonyl (C=O) groups is 4. The van der Waals surface area contributed by atoms with Crippen molar-refractivity contribution in [3.8, 4) is 11.1 Å². The Morgan fingerprint density at radius 2 is 1.67 bits per heavy atom. The molecule has 1 aliphatic carbocycles. The lowest BCUT2D eigenvalue weighted by molar-refractivity contribution is -0.130.